The van der Waals surface area contributed by atoms with Gasteiger partial charge in [-0.3, -0.25) is 14.2 Å². The van der Waals surface area contributed by atoms with Crippen LogP contribution in [0.2, 0.25) is 0 Å². The number of carbonyl (C=O) groups excluding carboxylic acids is 1. The maximum atomic E-state index is 12.2. The highest BCUT2D eigenvalue weighted by atomic mass is 79.9. The van der Waals surface area contributed by atoms with Gasteiger partial charge in [0, 0.05) is 11.8 Å². The van der Waals surface area contributed by atoms with Crippen molar-refractivity contribution in [1.29, 1.82) is 0 Å². The van der Waals surface area contributed by atoms with Crippen molar-refractivity contribution in [1.82, 2.24) is 9.55 Å². The molecule has 1 heterocycles. The van der Waals surface area contributed by atoms with E-state index in [0.717, 1.165) is 0 Å². The second kappa shape index (κ2) is 6.00. The van der Waals surface area contributed by atoms with Crippen molar-refractivity contribution in [2.45, 2.75) is 13.5 Å². The van der Waals surface area contributed by atoms with Gasteiger partial charge in [-0.15, -0.1) is 0 Å². The lowest BCUT2D eigenvalue weighted by molar-refractivity contribution is 0.0969. The molecule has 0 aliphatic carbocycles. The fourth-order valence-electron chi connectivity index (χ4n) is 1.75. The van der Waals surface area contributed by atoms with Gasteiger partial charge in [0.1, 0.15) is 16.0 Å². The molecule has 6 heteroatoms. The van der Waals surface area contributed by atoms with Crippen LogP contribution in [0, 0.1) is 6.92 Å². The molecule has 0 amide bonds. The van der Waals surface area contributed by atoms with Crippen molar-refractivity contribution < 1.29 is 9.53 Å². The van der Waals surface area contributed by atoms with Crippen molar-refractivity contribution >= 4 is 21.7 Å². The van der Waals surface area contributed by atoms with Crippen LogP contribution in [-0.2, 0) is 6.54 Å². The van der Waals surface area contributed by atoms with Crippen molar-refractivity contribution in [3.05, 3.63) is 56.7 Å². The van der Waals surface area contributed by atoms with E-state index in [2.05, 4.69) is 20.9 Å². The minimum atomic E-state index is -0.264. The van der Waals surface area contributed by atoms with E-state index in [0.29, 0.717) is 21.6 Å². The number of carbonyl (C=O) groups is 1. The van der Waals surface area contributed by atoms with E-state index in [1.165, 1.54) is 10.8 Å². The average Bonchev–Trinajstić information content (AvgIpc) is 2.47. The third-order valence-electron chi connectivity index (χ3n) is 2.92. The van der Waals surface area contributed by atoms with Crippen LogP contribution in [0.5, 0.6) is 5.75 Å². The quantitative estimate of drug-likeness (QED) is 0.803. The minimum Gasteiger partial charge on any atom is -0.497 e. The molecule has 0 bridgehead atoms. The van der Waals surface area contributed by atoms with Crippen LogP contribution in [0.15, 0.2) is 39.7 Å². The predicted molar refractivity (Wildman–Crippen MR) is 78.3 cm³/mol. The van der Waals surface area contributed by atoms with Gasteiger partial charge < -0.3 is 4.74 Å². The number of ketones is 1. The molecule has 0 spiro atoms. The number of hydrogen-bond acceptors (Lipinski definition) is 4. The second-order valence-corrected chi connectivity index (χ2v) is 5.05. The maximum Gasteiger partial charge on any atom is 0.268 e. The molecule has 104 valence electrons. The van der Waals surface area contributed by atoms with E-state index in [9.17, 15) is 9.59 Å². The lowest BCUT2D eigenvalue weighted by atomic mass is 10.1. The summed E-state index contributed by atoms with van der Waals surface area (Å²) in [6.45, 7) is 1.65. The summed E-state index contributed by atoms with van der Waals surface area (Å²) in [5.74, 6) is 1.02. The van der Waals surface area contributed by atoms with Gasteiger partial charge in [0.2, 0.25) is 0 Å². The molecule has 20 heavy (non-hydrogen) atoms. The average molecular weight is 337 g/mol. The number of benzene rings is 1. The standard InChI is InChI=1S/C14H13BrN2O3/c1-9-16-7-12(15)14(19)17(9)8-13(18)10-3-5-11(20-2)6-4-10/h3-7H,8H2,1-2H3. The van der Waals surface area contributed by atoms with Crippen LogP contribution in [0.3, 0.4) is 0 Å². The van der Waals surface area contributed by atoms with Crippen LogP contribution in [-0.4, -0.2) is 22.4 Å². The highest BCUT2D eigenvalue weighted by Crippen LogP contribution is 2.12. The van der Waals surface area contributed by atoms with E-state index in [1.807, 2.05) is 0 Å². The van der Waals surface area contributed by atoms with Crippen LogP contribution >= 0.6 is 15.9 Å². The number of aryl methyl sites for hydroxylation is 1. The van der Waals surface area contributed by atoms with E-state index >= 15 is 0 Å². The fraction of sp³-hybridized carbons (Fsp3) is 0.214. The third-order valence-corrected chi connectivity index (χ3v) is 3.46. The normalized spacial score (nSPS) is 10.3. The van der Waals surface area contributed by atoms with E-state index in [4.69, 9.17) is 4.74 Å². The number of rotatable bonds is 4. The Labute approximate surface area is 124 Å². The van der Waals surface area contributed by atoms with Crippen molar-refractivity contribution in [2.75, 3.05) is 7.11 Å². The Bertz CT molecular complexity index is 693. The monoisotopic (exact) mass is 336 g/mol. The number of ether oxygens (including phenoxy) is 1. The molecule has 0 saturated heterocycles. The van der Waals surface area contributed by atoms with Crippen molar-refractivity contribution in [3.63, 3.8) is 0 Å². The van der Waals surface area contributed by atoms with Gasteiger partial charge in [-0.05, 0) is 47.1 Å². The number of halogens is 1. The Hall–Kier alpha value is -1.95. The summed E-state index contributed by atoms with van der Waals surface area (Å²) in [6.07, 6.45) is 1.44. The SMILES string of the molecule is COc1ccc(C(=O)Cn2c(C)ncc(Br)c2=O)cc1. The second-order valence-electron chi connectivity index (χ2n) is 4.20. The highest BCUT2D eigenvalue weighted by Gasteiger charge is 2.12. The molecular formula is C14H13BrN2O3. The molecule has 0 radical (unpaired) electrons. The molecule has 5 nitrogen and oxygen atoms in total. The fourth-order valence-corrected chi connectivity index (χ4v) is 2.07. The number of methoxy groups -OCH3 is 1. The molecule has 2 aromatic rings. The summed E-state index contributed by atoms with van der Waals surface area (Å²) in [7, 11) is 1.56. The van der Waals surface area contributed by atoms with Crippen LogP contribution in [0.4, 0.5) is 0 Å². The number of aromatic nitrogens is 2. The minimum absolute atomic E-state index is 0.0383. The zero-order chi connectivity index (χ0) is 14.7. The van der Waals surface area contributed by atoms with Crippen LogP contribution in [0.25, 0.3) is 0 Å². The summed E-state index contributed by atoms with van der Waals surface area (Å²) in [5, 5.41) is 0. The number of nitrogens with zero attached hydrogens (tertiary/aromatic N) is 2. The van der Waals surface area contributed by atoms with Crippen molar-refractivity contribution in [3.8, 4) is 5.75 Å². The summed E-state index contributed by atoms with van der Waals surface area (Å²) in [5.41, 5.74) is 0.261. The van der Waals surface area contributed by atoms with E-state index < -0.39 is 0 Å². The van der Waals surface area contributed by atoms with Crippen LogP contribution in [0.1, 0.15) is 16.2 Å². The Morgan fingerprint density at radius 2 is 2.00 bits per heavy atom. The zero-order valence-corrected chi connectivity index (χ0v) is 12.7. The number of Topliss-reactive ketones (excluding diaryl/α,β-unsaturated/α-hetero) is 1. The van der Waals surface area contributed by atoms with Gasteiger partial charge in [-0.25, -0.2) is 4.98 Å². The molecule has 2 rings (SSSR count). The lowest BCUT2D eigenvalue weighted by Crippen LogP contribution is -2.27. The first kappa shape index (κ1) is 14.5. The predicted octanol–water partition coefficient (Wildman–Crippen LogP) is 2.21. The third kappa shape index (κ3) is 2.96. The van der Waals surface area contributed by atoms with Gasteiger partial charge >= 0.3 is 0 Å². The summed E-state index contributed by atoms with van der Waals surface area (Å²) >= 11 is 3.12. The van der Waals surface area contributed by atoms with Gasteiger partial charge in [0.05, 0.1) is 13.7 Å². The van der Waals surface area contributed by atoms with Gasteiger partial charge in [0.25, 0.3) is 5.56 Å². The molecule has 0 atom stereocenters. The molecule has 0 N–H and O–H groups in total. The first-order valence-corrected chi connectivity index (χ1v) is 6.71. The van der Waals surface area contributed by atoms with Gasteiger partial charge in [-0.2, -0.15) is 0 Å². The molecule has 0 unspecified atom stereocenters. The van der Waals surface area contributed by atoms with Crippen molar-refractivity contribution in [2.24, 2.45) is 0 Å². The molecular weight excluding hydrogens is 324 g/mol. The van der Waals surface area contributed by atoms with E-state index in [1.54, 1.807) is 38.3 Å². The van der Waals surface area contributed by atoms with E-state index in [-0.39, 0.29) is 17.9 Å². The Balaban J connectivity index is 2.28. The first-order chi connectivity index (χ1) is 9.52. The molecule has 1 aromatic heterocycles. The number of hydrogen-bond donors (Lipinski definition) is 0. The summed E-state index contributed by atoms with van der Waals surface area (Å²) < 4.78 is 6.72. The first-order valence-electron chi connectivity index (χ1n) is 5.92. The largest absolute Gasteiger partial charge is 0.497 e. The summed E-state index contributed by atoms with van der Waals surface area (Å²) in [6, 6.07) is 6.77. The molecule has 0 saturated carbocycles. The lowest BCUT2D eigenvalue weighted by Gasteiger charge is -2.09. The Morgan fingerprint density at radius 1 is 1.35 bits per heavy atom. The van der Waals surface area contributed by atoms with Gasteiger partial charge in [0.15, 0.2) is 5.78 Å². The Morgan fingerprint density at radius 3 is 2.60 bits per heavy atom. The zero-order valence-electron chi connectivity index (χ0n) is 11.1. The topological polar surface area (TPSA) is 61.2 Å². The molecule has 1 aromatic carbocycles. The smallest absolute Gasteiger partial charge is 0.268 e. The highest BCUT2D eigenvalue weighted by molar-refractivity contribution is 9.10. The van der Waals surface area contributed by atoms with Gasteiger partial charge in [-0.1, -0.05) is 0 Å². The molecule has 0 aliphatic heterocycles. The Kier molecular flexibility index (Phi) is 4.34. The maximum absolute atomic E-state index is 12.2. The van der Waals surface area contributed by atoms with Crippen LogP contribution < -0.4 is 10.3 Å². The molecule has 0 aliphatic rings. The molecule has 0 fully saturated rings. The summed E-state index contributed by atoms with van der Waals surface area (Å²) in [4.78, 5) is 28.2.